The zero-order valence-corrected chi connectivity index (χ0v) is 10.1. The van der Waals surface area contributed by atoms with E-state index in [2.05, 4.69) is 18.8 Å². The lowest BCUT2D eigenvalue weighted by molar-refractivity contribution is 0.101. The summed E-state index contributed by atoms with van der Waals surface area (Å²) in [4.78, 5) is 18.7. The van der Waals surface area contributed by atoms with Crippen LogP contribution < -0.4 is 4.90 Å². The molecule has 3 nitrogen and oxygen atoms in total. The lowest BCUT2D eigenvalue weighted by Gasteiger charge is -2.05. The van der Waals surface area contributed by atoms with Crippen molar-refractivity contribution in [3.8, 4) is 0 Å². The summed E-state index contributed by atoms with van der Waals surface area (Å²) < 4.78 is 0. The molecule has 0 aliphatic carbocycles. The minimum atomic E-state index is 0.0537. The number of hydrogen-bond acceptors (Lipinski definition) is 4. The molecule has 14 heavy (non-hydrogen) atoms. The van der Waals surface area contributed by atoms with E-state index in [9.17, 15) is 4.79 Å². The Morgan fingerprint density at radius 1 is 1.43 bits per heavy atom. The minimum Gasteiger partial charge on any atom is -0.354 e. The summed E-state index contributed by atoms with van der Waals surface area (Å²) in [5.41, 5.74) is 0.633. The lowest BCUT2D eigenvalue weighted by atomic mass is 10.1. The van der Waals surface area contributed by atoms with Gasteiger partial charge in [0, 0.05) is 25.9 Å². The molecule has 1 heterocycles. The Morgan fingerprint density at radius 2 is 2.00 bits per heavy atom. The number of thiazole rings is 1. The molecule has 0 aromatic carbocycles. The summed E-state index contributed by atoms with van der Waals surface area (Å²) in [7, 11) is 3.87. The average molecular weight is 212 g/mol. The Hall–Kier alpha value is -0.900. The third-order valence-corrected chi connectivity index (χ3v) is 3.41. The molecule has 0 aliphatic heterocycles. The predicted molar refractivity (Wildman–Crippen MR) is 60.5 cm³/mol. The third kappa shape index (κ3) is 2.12. The van der Waals surface area contributed by atoms with Crippen molar-refractivity contribution in [2.45, 2.75) is 26.7 Å². The van der Waals surface area contributed by atoms with Crippen LogP contribution in [0.2, 0.25) is 0 Å². The van der Waals surface area contributed by atoms with Gasteiger partial charge < -0.3 is 4.90 Å². The summed E-state index contributed by atoms with van der Waals surface area (Å²) in [6.45, 7) is 5.74. The second kappa shape index (κ2) is 4.09. The van der Waals surface area contributed by atoms with Crippen LogP contribution >= 0.6 is 11.3 Å². The molecule has 0 saturated heterocycles. The maximum absolute atomic E-state index is 11.3. The Labute approximate surface area is 88.8 Å². The van der Waals surface area contributed by atoms with Crippen LogP contribution in [0.25, 0.3) is 0 Å². The van der Waals surface area contributed by atoms with Crippen LogP contribution in [0.3, 0.4) is 0 Å². The zero-order chi connectivity index (χ0) is 10.9. The van der Waals surface area contributed by atoms with Crippen molar-refractivity contribution in [1.29, 1.82) is 0 Å². The van der Waals surface area contributed by atoms with Gasteiger partial charge in [0.2, 0.25) is 0 Å². The van der Waals surface area contributed by atoms with Crippen molar-refractivity contribution in [3.63, 3.8) is 0 Å². The third-order valence-electron chi connectivity index (χ3n) is 1.88. The van der Waals surface area contributed by atoms with Crippen LogP contribution in [0.5, 0.6) is 0 Å². The van der Waals surface area contributed by atoms with Crippen molar-refractivity contribution in [2.24, 2.45) is 0 Å². The molecule has 0 spiro atoms. The molecule has 1 rings (SSSR count). The van der Waals surface area contributed by atoms with Gasteiger partial charge in [0.15, 0.2) is 10.9 Å². The molecule has 78 valence electrons. The van der Waals surface area contributed by atoms with Crippen molar-refractivity contribution >= 4 is 22.3 Å². The largest absolute Gasteiger partial charge is 0.354 e. The topological polar surface area (TPSA) is 33.2 Å². The van der Waals surface area contributed by atoms with Gasteiger partial charge in [-0.05, 0) is 5.92 Å². The molecule has 4 heteroatoms. The van der Waals surface area contributed by atoms with Gasteiger partial charge in [-0.3, -0.25) is 4.79 Å². The first-order valence-corrected chi connectivity index (χ1v) is 5.44. The number of aromatic nitrogens is 1. The second-order valence-corrected chi connectivity index (χ2v) is 4.82. The van der Waals surface area contributed by atoms with Gasteiger partial charge in [0.25, 0.3) is 0 Å². The van der Waals surface area contributed by atoms with Crippen LogP contribution in [0, 0.1) is 0 Å². The summed E-state index contributed by atoms with van der Waals surface area (Å²) in [5.74, 6) is 0.415. The number of nitrogens with zero attached hydrogens (tertiary/aromatic N) is 2. The maximum Gasteiger partial charge on any atom is 0.185 e. The highest BCUT2D eigenvalue weighted by molar-refractivity contribution is 7.16. The summed E-state index contributed by atoms with van der Waals surface area (Å²) in [5, 5.41) is 0.902. The van der Waals surface area contributed by atoms with Gasteiger partial charge in [-0.1, -0.05) is 13.8 Å². The number of anilines is 1. The number of hydrogen-bond donors (Lipinski definition) is 0. The summed E-state index contributed by atoms with van der Waals surface area (Å²) in [6.07, 6.45) is 0. The van der Waals surface area contributed by atoms with E-state index in [0.29, 0.717) is 11.6 Å². The predicted octanol–water partition coefficient (Wildman–Crippen LogP) is 2.54. The van der Waals surface area contributed by atoms with E-state index in [4.69, 9.17) is 0 Å². The molecule has 1 aromatic rings. The highest BCUT2D eigenvalue weighted by Crippen LogP contribution is 2.31. The van der Waals surface area contributed by atoms with Gasteiger partial charge in [0.1, 0.15) is 5.69 Å². The Balaban J connectivity index is 3.19. The maximum atomic E-state index is 11.3. The first kappa shape index (κ1) is 11.2. The molecule has 0 unspecified atom stereocenters. The fraction of sp³-hybridized carbons (Fsp3) is 0.600. The number of carbonyl (C=O) groups excluding carboxylic acids is 1. The molecule has 0 bridgehead atoms. The van der Waals surface area contributed by atoms with Gasteiger partial charge in [0.05, 0.1) is 0 Å². The Bertz CT molecular complexity index is 342. The fourth-order valence-electron chi connectivity index (χ4n) is 1.16. The van der Waals surface area contributed by atoms with Crippen LogP contribution in [-0.4, -0.2) is 24.9 Å². The smallest absolute Gasteiger partial charge is 0.185 e. The van der Waals surface area contributed by atoms with E-state index in [0.717, 1.165) is 10.0 Å². The number of carbonyl (C=O) groups is 1. The average Bonchev–Trinajstić information content (AvgIpc) is 2.47. The first-order chi connectivity index (χ1) is 6.43. The van der Waals surface area contributed by atoms with Crippen molar-refractivity contribution in [3.05, 3.63) is 10.6 Å². The van der Waals surface area contributed by atoms with Crippen LogP contribution in [-0.2, 0) is 0 Å². The van der Waals surface area contributed by atoms with E-state index >= 15 is 0 Å². The second-order valence-electron chi connectivity index (χ2n) is 3.81. The van der Waals surface area contributed by atoms with Crippen molar-refractivity contribution < 1.29 is 4.79 Å². The molecule has 0 atom stereocenters. The van der Waals surface area contributed by atoms with Gasteiger partial charge in [-0.15, -0.1) is 11.3 Å². The zero-order valence-electron chi connectivity index (χ0n) is 9.29. The normalized spacial score (nSPS) is 10.7. The first-order valence-electron chi connectivity index (χ1n) is 4.62. The van der Waals surface area contributed by atoms with E-state index in [1.807, 2.05) is 19.0 Å². The van der Waals surface area contributed by atoms with E-state index in [1.165, 1.54) is 0 Å². The summed E-state index contributed by atoms with van der Waals surface area (Å²) >= 11 is 1.60. The molecule has 0 amide bonds. The Kier molecular flexibility index (Phi) is 3.26. The SMILES string of the molecule is CC(=O)c1nc(N(C)C)sc1C(C)C. The van der Waals surface area contributed by atoms with Crippen LogP contribution in [0.1, 0.15) is 42.1 Å². The standard InChI is InChI=1S/C10H16N2OS/c1-6(2)9-8(7(3)13)11-10(14-9)12(4)5/h6H,1-5H3. The molecule has 0 fully saturated rings. The van der Waals surface area contributed by atoms with Crippen molar-refractivity contribution in [1.82, 2.24) is 4.98 Å². The van der Waals surface area contributed by atoms with E-state index in [1.54, 1.807) is 18.3 Å². The Morgan fingerprint density at radius 3 is 2.29 bits per heavy atom. The summed E-state index contributed by atoms with van der Waals surface area (Å²) in [6, 6.07) is 0. The molecule has 1 aromatic heterocycles. The molecular weight excluding hydrogens is 196 g/mol. The fourth-order valence-corrected chi connectivity index (χ4v) is 2.19. The molecule has 0 radical (unpaired) electrons. The minimum absolute atomic E-state index is 0.0537. The van der Waals surface area contributed by atoms with Crippen molar-refractivity contribution in [2.75, 3.05) is 19.0 Å². The number of Topliss-reactive ketones (excluding diaryl/α,β-unsaturated/α-hetero) is 1. The van der Waals surface area contributed by atoms with Gasteiger partial charge >= 0.3 is 0 Å². The number of rotatable bonds is 3. The molecule has 0 saturated carbocycles. The number of ketones is 1. The highest BCUT2D eigenvalue weighted by Gasteiger charge is 2.17. The molecule has 0 N–H and O–H groups in total. The lowest BCUT2D eigenvalue weighted by Crippen LogP contribution is -2.08. The van der Waals surface area contributed by atoms with Gasteiger partial charge in [-0.2, -0.15) is 0 Å². The monoisotopic (exact) mass is 212 g/mol. The molecule has 0 aliphatic rings. The molecular formula is C10H16N2OS. The van der Waals surface area contributed by atoms with Crippen LogP contribution in [0.4, 0.5) is 5.13 Å². The highest BCUT2D eigenvalue weighted by atomic mass is 32.1. The van der Waals surface area contributed by atoms with E-state index < -0.39 is 0 Å². The van der Waals surface area contributed by atoms with Crippen LogP contribution in [0.15, 0.2) is 0 Å². The quantitative estimate of drug-likeness (QED) is 0.722. The van der Waals surface area contributed by atoms with Gasteiger partial charge in [-0.25, -0.2) is 4.98 Å². The van der Waals surface area contributed by atoms with E-state index in [-0.39, 0.29) is 5.78 Å².